The summed E-state index contributed by atoms with van der Waals surface area (Å²) in [6, 6.07) is 9.90. The Kier molecular flexibility index (Phi) is 5.00. The Bertz CT molecular complexity index is 1170. The van der Waals surface area contributed by atoms with Crippen LogP contribution in [0.3, 0.4) is 0 Å². The molecule has 0 spiro atoms. The smallest absolute Gasteiger partial charge is 0.261 e. The van der Waals surface area contributed by atoms with Gasteiger partial charge < -0.3 is 11.1 Å². The third kappa shape index (κ3) is 3.57. The van der Waals surface area contributed by atoms with E-state index in [1.165, 1.54) is 11.3 Å². The van der Waals surface area contributed by atoms with Gasteiger partial charge in [-0.05, 0) is 36.8 Å². The molecule has 3 heterocycles. The van der Waals surface area contributed by atoms with Crippen molar-refractivity contribution < 1.29 is 4.79 Å². The molecule has 0 aliphatic heterocycles. The number of thiophene rings is 1. The molecule has 3 N–H and O–H groups in total. The molecule has 1 atom stereocenters. The Morgan fingerprint density at radius 1 is 1.31 bits per heavy atom. The van der Waals surface area contributed by atoms with E-state index in [-0.39, 0.29) is 11.9 Å². The number of rotatable bonds is 6. The zero-order chi connectivity index (χ0) is 20.4. The first-order valence-corrected chi connectivity index (χ1v) is 9.70. The monoisotopic (exact) mass is 407 g/mol. The number of hydrogen-bond donors (Lipinski definition) is 2. The van der Waals surface area contributed by atoms with E-state index < -0.39 is 6.04 Å². The van der Waals surface area contributed by atoms with Crippen molar-refractivity contribution in [3.63, 3.8) is 0 Å². The average molecular weight is 407 g/mol. The minimum atomic E-state index is -0.883. The number of amides is 1. The van der Waals surface area contributed by atoms with E-state index in [1.54, 1.807) is 29.1 Å². The minimum Gasteiger partial charge on any atom is -0.368 e. The predicted molar refractivity (Wildman–Crippen MR) is 111 cm³/mol. The number of anilines is 1. The Labute approximate surface area is 169 Å². The molecule has 1 unspecified atom stereocenters. The molecule has 9 nitrogen and oxygen atoms in total. The number of nitrogens with zero attached hydrogens (tertiary/aromatic N) is 5. The quantitative estimate of drug-likeness (QED) is 0.473. The Morgan fingerprint density at radius 2 is 2.10 bits per heavy atom. The molecule has 0 bridgehead atoms. The van der Waals surface area contributed by atoms with E-state index in [2.05, 4.69) is 25.6 Å². The van der Waals surface area contributed by atoms with Crippen molar-refractivity contribution in [3.05, 3.63) is 69.8 Å². The maximum atomic E-state index is 12.2. The number of aromatic nitrogens is 4. The maximum Gasteiger partial charge on any atom is 0.261 e. The number of nitrogen functional groups attached to an aromatic ring is 1. The highest BCUT2D eigenvalue weighted by atomic mass is 32.1. The van der Waals surface area contributed by atoms with Gasteiger partial charge in [-0.25, -0.2) is 14.6 Å². The van der Waals surface area contributed by atoms with Gasteiger partial charge in [0.1, 0.15) is 4.83 Å². The molecule has 0 saturated carbocycles. The summed E-state index contributed by atoms with van der Waals surface area (Å²) in [7, 11) is 0. The van der Waals surface area contributed by atoms with Crippen LogP contribution in [0.5, 0.6) is 0 Å². The average Bonchev–Trinajstić information content (AvgIpc) is 3.39. The van der Waals surface area contributed by atoms with Crippen molar-refractivity contribution >= 4 is 33.4 Å². The van der Waals surface area contributed by atoms with Crippen LogP contribution in [0.4, 0.5) is 5.95 Å². The lowest BCUT2D eigenvalue weighted by molar-refractivity contribution is 0.0960. The number of benzene rings is 1. The number of hydrogen-bond acceptors (Lipinski definition) is 8. The van der Waals surface area contributed by atoms with Crippen LogP contribution < -0.4 is 11.1 Å². The lowest BCUT2D eigenvalue weighted by Gasteiger charge is -2.11. The fourth-order valence-corrected chi connectivity index (χ4v) is 3.99. The normalized spacial score (nSPS) is 12.0. The summed E-state index contributed by atoms with van der Waals surface area (Å²) >= 11 is 1.20. The molecule has 0 aliphatic carbocycles. The molecule has 29 heavy (non-hydrogen) atoms. The predicted octanol–water partition coefficient (Wildman–Crippen LogP) is 3.06. The number of nitrogens with two attached hydrogens (primary N) is 1. The first-order chi connectivity index (χ1) is 14.1. The number of nitroso groups, excluding NO2 is 1. The summed E-state index contributed by atoms with van der Waals surface area (Å²) in [4.78, 5) is 33.5. The summed E-state index contributed by atoms with van der Waals surface area (Å²) < 4.78 is 1.71. The van der Waals surface area contributed by atoms with E-state index in [1.807, 2.05) is 31.3 Å². The second-order valence-corrected chi connectivity index (χ2v) is 7.24. The van der Waals surface area contributed by atoms with Crippen molar-refractivity contribution in [2.75, 3.05) is 12.3 Å². The highest BCUT2D eigenvalue weighted by molar-refractivity contribution is 7.20. The number of carbonyl (C=O) groups is 1. The van der Waals surface area contributed by atoms with Gasteiger partial charge >= 0.3 is 0 Å². The van der Waals surface area contributed by atoms with Crippen LogP contribution in [0, 0.1) is 4.91 Å². The number of carbonyl (C=O) groups excluding carboxylic acids is 1. The molecule has 0 radical (unpaired) electrons. The van der Waals surface area contributed by atoms with Gasteiger partial charge in [-0.15, -0.1) is 16.2 Å². The third-order valence-corrected chi connectivity index (χ3v) is 5.37. The summed E-state index contributed by atoms with van der Waals surface area (Å²) in [6.45, 7) is 2.35. The highest BCUT2D eigenvalue weighted by Gasteiger charge is 2.23. The lowest BCUT2D eigenvalue weighted by atomic mass is 10.0. The van der Waals surface area contributed by atoms with Crippen LogP contribution in [0.2, 0.25) is 0 Å². The molecule has 0 saturated heterocycles. The van der Waals surface area contributed by atoms with Crippen molar-refractivity contribution in [3.8, 4) is 5.69 Å². The first kappa shape index (κ1) is 18.7. The van der Waals surface area contributed by atoms with E-state index in [4.69, 9.17) is 5.73 Å². The van der Waals surface area contributed by atoms with E-state index in [0.717, 1.165) is 5.69 Å². The number of fused-ring (bicyclic) bond motifs is 1. The van der Waals surface area contributed by atoms with Crippen LogP contribution >= 0.6 is 11.3 Å². The highest BCUT2D eigenvalue weighted by Crippen LogP contribution is 2.34. The number of nitrogens with one attached hydrogen (secondary N) is 1. The van der Waals surface area contributed by atoms with Gasteiger partial charge in [-0.1, -0.05) is 17.3 Å². The second-order valence-electron chi connectivity index (χ2n) is 6.21. The molecule has 146 valence electrons. The molecular formula is C19H17N7O2S. The zero-order valence-corrected chi connectivity index (χ0v) is 16.3. The zero-order valence-electron chi connectivity index (χ0n) is 15.4. The fourth-order valence-electron chi connectivity index (χ4n) is 3.03. The molecule has 0 aliphatic rings. The molecule has 1 amide bonds. The Balaban J connectivity index is 1.76. The molecular weight excluding hydrogens is 390 g/mol. The van der Waals surface area contributed by atoms with Crippen LogP contribution in [0.25, 0.3) is 15.9 Å². The summed E-state index contributed by atoms with van der Waals surface area (Å²) in [6.07, 6.45) is 3.51. The van der Waals surface area contributed by atoms with E-state index in [9.17, 15) is 9.70 Å². The largest absolute Gasteiger partial charge is 0.368 e. The third-order valence-electron chi connectivity index (χ3n) is 4.34. The summed E-state index contributed by atoms with van der Waals surface area (Å²) in [5, 5.41) is 10.8. The lowest BCUT2D eigenvalue weighted by Crippen LogP contribution is -2.21. The van der Waals surface area contributed by atoms with E-state index in [0.29, 0.717) is 32.9 Å². The SMILES string of the molecule is CCNC(=O)c1cc2c(C(N=O)c3ccc(-n4cccn4)cc3)nc(N)nc2s1. The summed E-state index contributed by atoms with van der Waals surface area (Å²) in [5.41, 5.74) is 7.74. The molecule has 1 aromatic carbocycles. The molecule has 3 aromatic heterocycles. The van der Waals surface area contributed by atoms with Gasteiger partial charge in [0, 0.05) is 24.3 Å². The van der Waals surface area contributed by atoms with Gasteiger partial charge in [-0.3, -0.25) is 4.79 Å². The van der Waals surface area contributed by atoms with Crippen LogP contribution in [0.1, 0.15) is 33.9 Å². The Hall–Kier alpha value is -3.66. The summed E-state index contributed by atoms with van der Waals surface area (Å²) in [5.74, 6) is -0.183. The van der Waals surface area contributed by atoms with Gasteiger partial charge in [0.25, 0.3) is 5.91 Å². The van der Waals surface area contributed by atoms with Gasteiger partial charge in [-0.2, -0.15) is 5.10 Å². The van der Waals surface area contributed by atoms with Crippen LogP contribution in [0.15, 0.2) is 54.0 Å². The van der Waals surface area contributed by atoms with Crippen molar-refractivity contribution in [2.45, 2.75) is 13.0 Å². The molecule has 0 fully saturated rings. The van der Waals surface area contributed by atoms with Crippen molar-refractivity contribution in [1.82, 2.24) is 25.1 Å². The van der Waals surface area contributed by atoms with Crippen LogP contribution in [-0.2, 0) is 0 Å². The van der Waals surface area contributed by atoms with Gasteiger partial charge in [0.15, 0.2) is 6.04 Å². The van der Waals surface area contributed by atoms with Gasteiger partial charge in [0.05, 0.1) is 16.3 Å². The van der Waals surface area contributed by atoms with Crippen LogP contribution in [-0.4, -0.2) is 32.2 Å². The standard InChI is InChI=1S/C19H17N7O2S/c1-2-21-17(27)14-10-13-16(23-19(20)24-18(13)29-14)15(25-28)11-4-6-12(7-5-11)26-9-3-8-22-26/h3-10,15H,2H2,1H3,(H,21,27)(H2,20,23,24). The first-order valence-electron chi connectivity index (χ1n) is 8.88. The maximum absolute atomic E-state index is 12.2. The van der Waals surface area contributed by atoms with Gasteiger partial charge in [0.2, 0.25) is 5.95 Å². The minimum absolute atomic E-state index is 0.0265. The topological polar surface area (TPSA) is 128 Å². The molecule has 10 heteroatoms. The fraction of sp³-hybridized carbons (Fsp3) is 0.158. The molecule has 4 aromatic rings. The van der Waals surface area contributed by atoms with Crippen molar-refractivity contribution in [1.29, 1.82) is 0 Å². The van der Waals surface area contributed by atoms with Crippen molar-refractivity contribution in [2.24, 2.45) is 5.18 Å². The van der Waals surface area contributed by atoms with E-state index >= 15 is 0 Å². The molecule has 4 rings (SSSR count). The Morgan fingerprint density at radius 3 is 2.76 bits per heavy atom. The second kappa shape index (κ2) is 7.76.